The summed E-state index contributed by atoms with van der Waals surface area (Å²) < 4.78 is 8.27. The van der Waals surface area contributed by atoms with Crippen LogP contribution in [0, 0.1) is 0 Å². The Balaban J connectivity index is 2.12. The van der Waals surface area contributed by atoms with Gasteiger partial charge >= 0.3 is 0 Å². The number of carbonyl (C=O) groups excluding carboxylic acids is 1. The van der Waals surface area contributed by atoms with Gasteiger partial charge in [0.05, 0.1) is 18.1 Å². The first kappa shape index (κ1) is 17.4. The van der Waals surface area contributed by atoms with Gasteiger partial charge in [0.15, 0.2) is 5.82 Å². The summed E-state index contributed by atoms with van der Waals surface area (Å²) in [7, 11) is 1.59. The van der Waals surface area contributed by atoms with Gasteiger partial charge in [-0.05, 0) is 31.2 Å². The Morgan fingerprint density at radius 1 is 1.32 bits per heavy atom. The van der Waals surface area contributed by atoms with Gasteiger partial charge in [-0.2, -0.15) is 0 Å². The van der Waals surface area contributed by atoms with Gasteiger partial charge in [-0.25, -0.2) is 9.97 Å². The van der Waals surface area contributed by atoms with E-state index < -0.39 is 0 Å². The zero-order valence-corrected chi connectivity index (χ0v) is 15.9. The number of pyridine rings is 1. The molecule has 25 heavy (non-hydrogen) atoms. The van der Waals surface area contributed by atoms with Crippen LogP contribution in [0.3, 0.4) is 0 Å². The van der Waals surface area contributed by atoms with Crippen LogP contribution in [0.5, 0.6) is 5.88 Å². The normalized spacial score (nSPS) is 12.2. The molecule has 6 nitrogen and oxygen atoms in total. The summed E-state index contributed by atoms with van der Waals surface area (Å²) in [5, 5.41) is 2.92. The number of aromatic nitrogens is 3. The maximum absolute atomic E-state index is 11.4. The van der Waals surface area contributed by atoms with Gasteiger partial charge in [-0.1, -0.05) is 22.0 Å². The number of imidazole rings is 1. The number of ether oxygens (including phenoxy) is 1. The summed E-state index contributed by atoms with van der Waals surface area (Å²) in [5.74, 6) is 1.22. The Kier molecular flexibility index (Phi) is 5.03. The predicted molar refractivity (Wildman–Crippen MR) is 100 cm³/mol. The van der Waals surface area contributed by atoms with Crippen molar-refractivity contribution in [3.8, 4) is 17.4 Å². The van der Waals surface area contributed by atoms with E-state index >= 15 is 0 Å². The Bertz CT molecular complexity index is 923. The fourth-order valence-corrected chi connectivity index (χ4v) is 3.15. The van der Waals surface area contributed by atoms with Crippen molar-refractivity contribution >= 4 is 32.9 Å². The van der Waals surface area contributed by atoms with Gasteiger partial charge in [0, 0.05) is 30.0 Å². The van der Waals surface area contributed by atoms with Gasteiger partial charge in [0.2, 0.25) is 11.8 Å². The smallest absolute Gasteiger partial charge is 0.217 e. The van der Waals surface area contributed by atoms with E-state index in [2.05, 4.69) is 30.8 Å². The van der Waals surface area contributed by atoms with Crippen molar-refractivity contribution < 1.29 is 9.53 Å². The summed E-state index contributed by atoms with van der Waals surface area (Å²) >= 11 is 3.49. The molecule has 0 fully saturated rings. The highest BCUT2D eigenvalue weighted by Gasteiger charge is 2.17. The number of carbonyl (C=O) groups is 1. The average molecular weight is 403 g/mol. The lowest BCUT2D eigenvalue weighted by Gasteiger charge is -2.16. The predicted octanol–water partition coefficient (Wildman–Crippen LogP) is 3.39. The standard InChI is InChI=1S/C18H19BrN4O2/c1-11(20-12(2)24)10-23-16-8-7-13(19)9-15(16)22-18(23)14-5-4-6-17(21-14)25-3/h4-9,11H,10H2,1-3H3,(H,20,24). The Labute approximate surface area is 154 Å². The van der Waals surface area contributed by atoms with Crippen LogP contribution in [0.2, 0.25) is 0 Å². The molecular weight excluding hydrogens is 384 g/mol. The van der Waals surface area contributed by atoms with Crippen molar-refractivity contribution in [1.82, 2.24) is 19.9 Å². The van der Waals surface area contributed by atoms with Crippen molar-refractivity contribution in [1.29, 1.82) is 0 Å². The molecule has 0 aliphatic carbocycles. The maximum Gasteiger partial charge on any atom is 0.217 e. The fraction of sp³-hybridized carbons (Fsp3) is 0.278. The van der Waals surface area contributed by atoms with Crippen LogP contribution in [0.15, 0.2) is 40.9 Å². The fourth-order valence-electron chi connectivity index (χ4n) is 2.80. The van der Waals surface area contributed by atoms with E-state index in [-0.39, 0.29) is 11.9 Å². The molecule has 1 unspecified atom stereocenters. The van der Waals surface area contributed by atoms with Crippen molar-refractivity contribution in [3.63, 3.8) is 0 Å². The molecule has 2 heterocycles. The van der Waals surface area contributed by atoms with Gasteiger partial charge < -0.3 is 14.6 Å². The van der Waals surface area contributed by atoms with Crippen LogP contribution in [0.25, 0.3) is 22.6 Å². The zero-order valence-electron chi connectivity index (χ0n) is 14.3. The monoisotopic (exact) mass is 402 g/mol. The summed E-state index contributed by atoms with van der Waals surface area (Å²) in [5.41, 5.74) is 2.57. The van der Waals surface area contributed by atoms with Crippen LogP contribution in [0.4, 0.5) is 0 Å². The molecule has 0 saturated heterocycles. The number of benzene rings is 1. The molecule has 1 N–H and O–H groups in total. The minimum Gasteiger partial charge on any atom is -0.481 e. The third-order valence-electron chi connectivity index (χ3n) is 3.78. The molecule has 0 saturated carbocycles. The first-order valence-corrected chi connectivity index (χ1v) is 8.71. The number of fused-ring (bicyclic) bond motifs is 1. The number of nitrogens with one attached hydrogen (secondary N) is 1. The van der Waals surface area contributed by atoms with Gasteiger partial charge in [-0.15, -0.1) is 0 Å². The van der Waals surface area contributed by atoms with Crippen LogP contribution in [0.1, 0.15) is 13.8 Å². The first-order valence-electron chi connectivity index (χ1n) is 7.92. The molecule has 3 aromatic rings. The topological polar surface area (TPSA) is 69.0 Å². The molecule has 1 amide bonds. The molecular formula is C18H19BrN4O2. The molecule has 2 aromatic heterocycles. The van der Waals surface area contributed by atoms with Crippen molar-refractivity contribution in [2.45, 2.75) is 26.4 Å². The number of rotatable bonds is 5. The minimum atomic E-state index is -0.0549. The summed E-state index contributed by atoms with van der Waals surface area (Å²) in [6, 6.07) is 11.5. The number of halogens is 1. The van der Waals surface area contributed by atoms with E-state index in [4.69, 9.17) is 9.72 Å². The highest BCUT2D eigenvalue weighted by molar-refractivity contribution is 9.10. The summed E-state index contributed by atoms with van der Waals surface area (Å²) in [6.45, 7) is 4.07. The SMILES string of the molecule is COc1cccc(-c2nc3cc(Br)ccc3n2CC(C)NC(C)=O)n1. The molecule has 130 valence electrons. The minimum absolute atomic E-state index is 0.0390. The van der Waals surface area contributed by atoms with Crippen molar-refractivity contribution in [3.05, 3.63) is 40.9 Å². The van der Waals surface area contributed by atoms with Crippen LogP contribution < -0.4 is 10.1 Å². The quantitative estimate of drug-likeness (QED) is 0.709. The first-order chi connectivity index (χ1) is 12.0. The Morgan fingerprint density at radius 2 is 2.12 bits per heavy atom. The third kappa shape index (κ3) is 3.82. The third-order valence-corrected chi connectivity index (χ3v) is 4.27. The second-order valence-electron chi connectivity index (χ2n) is 5.85. The number of methoxy groups -OCH3 is 1. The van der Waals surface area contributed by atoms with E-state index in [1.54, 1.807) is 13.2 Å². The van der Waals surface area contributed by atoms with Gasteiger partial charge in [-0.3, -0.25) is 4.79 Å². The Morgan fingerprint density at radius 3 is 2.84 bits per heavy atom. The van der Waals surface area contributed by atoms with Crippen molar-refractivity contribution in [2.24, 2.45) is 0 Å². The lowest BCUT2D eigenvalue weighted by Crippen LogP contribution is -2.34. The molecule has 1 atom stereocenters. The molecule has 0 radical (unpaired) electrons. The second kappa shape index (κ2) is 7.23. The van der Waals surface area contributed by atoms with Crippen LogP contribution in [-0.4, -0.2) is 33.6 Å². The molecule has 0 aliphatic heterocycles. The molecule has 0 spiro atoms. The van der Waals surface area contributed by atoms with E-state index in [9.17, 15) is 4.79 Å². The highest BCUT2D eigenvalue weighted by Crippen LogP contribution is 2.27. The van der Waals surface area contributed by atoms with E-state index in [1.165, 1.54) is 6.92 Å². The zero-order chi connectivity index (χ0) is 18.0. The van der Waals surface area contributed by atoms with E-state index in [1.807, 2.05) is 37.3 Å². The van der Waals surface area contributed by atoms with Crippen molar-refractivity contribution in [2.75, 3.05) is 7.11 Å². The lowest BCUT2D eigenvalue weighted by atomic mass is 10.2. The highest BCUT2D eigenvalue weighted by atomic mass is 79.9. The van der Waals surface area contributed by atoms with Gasteiger partial charge in [0.25, 0.3) is 0 Å². The molecule has 0 aliphatic rings. The number of hydrogen-bond donors (Lipinski definition) is 1. The van der Waals surface area contributed by atoms with E-state index in [0.29, 0.717) is 12.4 Å². The molecule has 7 heteroatoms. The number of amides is 1. The van der Waals surface area contributed by atoms with E-state index in [0.717, 1.165) is 27.0 Å². The molecule has 1 aromatic carbocycles. The average Bonchev–Trinajstić information content (AvgIpc) is 2.91. The van der Waals surface area contributed by atoms with Gasteiger partial charge in [0.1, 0.15) is 5.69 Å². The second-order valence-corrected chi connectivity index (χ2v) is 6.76. The summed E-state index contributed by atoms with van der Waals surface area (Å²) in [4.78, 5) is 20.6. The number of nitrogens with zero attached hydrogens (tertiary/aromatic N) is 3. The largest absolute Gasteiger partial charge is 0.481 e. The molecule has 0 bridgehead atoms. The molecule has 3 rings (SSSR count). The summed E-state index contributed by atoms with van der Waals surface area (Å²) in [6.07, 6.45) is 0. The number of hydrogen-bond acceptors (Lipinski definition) is 4. The van der Waals surface area contributed by atoms with Crippen LogP contribution in [-0.2, 0) is 11.3 Å². The van der Waals surface area contributed by atoms with Crippen LogP contribution >= 0.6 is 15.9 Å². The Hall–Kier alpha value is -2.41. The lowest BCUT2D eigenvalue weighted by molar-refractivity contribution is -0.119. The maximum atomic E-state index is 11.4.